The normalized spacial score (nSPS) is 15.8. The highest BCUT2D eigenvalue weighted by Gasteiger charge is 2.19. The molecule has 0 aliphatic carbocycles. The molecule has 7 heteroatoms. The van der Waals surface area contributed by atoms with Crippen LogP contribution in [0.4, 0.5) is 11.6 Å². The third kappa shape index (κ3) is 3.19. The summed E-state index contributed by atoms with van der Waals surface area (Å²) in [5.74, 6) is 0.882. The van der Waals surface area contributed by atoms with E-state index < -0.39 is 0 Å². The Labute approximate surface area is 121 Å². The van der Waals surface area contributed by atoms with Crippen molar-refractivity contribution in [2.45, 2.75) is 18.8 Å². The van der Waals surface area contributed by atoms with Crippen molar-refractivity contribution in [3.05, 3.63) is 35.7 Å². The second kappa shape index (κ2) is 5.92. The molecule has 21 heavy (non-hydrogen) atoms. The molecule has 1 fully saturated rings. The van der Waals surface area contributed by atoms with Gasteiger partial charge in [-0.1, -0.05) is 6.07 Å². The summed E-state index contributed by atoms with van der Waals surface area (Å²) < 4.78 is 5.34. The van der Waals surface area contributed by atoms with Gasteiger partial charge in [-0.25, -0.2) is 4.98 Å². The lowest BCUT2D eigenvalue weighted by atomic mass is 9.97. The van der Waals surface area contributed by atoms with E-state index in [1.54, 1.807) is 18.2 Å². The fourth-order valence-electron chi connectivity index (χ4n) is 2.38. The Morgan fingerprint density at radius 3 is 2.95 bits per heavy atom. The number of nitrogen functional groups attached to an aromatic ring is 1. The van der Waals surface area contributed by atoms with Crippen LogP contribution >= 0.6 is 0 Å². The van der Waals surface area contributed by atoms with Crippen LogP contribution in [-0.2, 0) is 4.74 Å². The molecule has 0 aromatic carbocycles. The Balaban J connectivity index is 1.68. The molecule has 110 valence electrons. The van der Waals surface area contributed by atoms with E-state index in [2.05, 4.69) is 20.5 Å². The summed E-state index contributed by atoms with van der Waals surface area (Å²) in [5.41, 5.74) is 6.86. The first-order valence-electron chi connectivity index (χ1n) is 6.89. The van der Waals surface area contributed by atoms with Crippen molar-refractivity contribution in [2.75, 3.05) is 24.3 Å². The van der Waals surface area contributed by atoms with Gasteiger partial charge in [0.2, 0.25) is 0 Å². The zero-order valence-corrected chi connectivity index (χ0v) is 11.5. The van der Waals surface area contributed by atoms with E-state index in [1.807, 2.05) is 6.07 Å². The number of rotatable bonds is 3. The Bertz CT molecular complexity index is 634. The van der Waals surface area contributed by atoms with Crippen molar-refractivity contribution < 1.29 is 9.53 Å². The van der Waals surface area contributed by atoms with E-state index in [9.17, 15) is 4.79 Å². The van der Waals surface area contributed by atoms with Crippen LogP contribution in [-0.4, -0.2) is 34.3 Å². The number of aromatic amines is 1. The maximum atomic E-state index is 12.0. The number of pyridine rings is 1. The molecule has 3 heterocycles. The smallest absolute Gasteiger partial charge is 0.275 e. The van der Waals surface area contributed by atoms with Gasteiger partial charge < -0.3 is 15.8 Å². The van der Waals surface area contributed by atoms with E-state index in [1.165, 1.54) is 0 Å². The van der Waals surface area contributed by atoms with E-state index >= 15 is 0 Å². The number of ether oxygens (including phenoxy) is 1. The molecule has 1 aliphatic heterocycles. The number of anilines is 2. The number of nitrogens with two attached hydrogens (primary N) is 1. The fraction of sp³-hybridized carbons (Fsp3) is 0.357. The Morgan fingerprint density at radius 1 is 1.38 bits per heavy atom. The van der Waals surface area contributed by atoms with E-state index in [0.29, 0.717) is 17.6 Å². The molecule has 1 aliphatic rings. The quantitative estimate of drug-likeness (QED) is 0.794. The van der Waals surface area contributed by atoms with E-state index in [4.69, 9.17) is 10.5 Å². The van der Waals surface area contributed by atoms with Gasteiger partial charge in [-0.15, -0.1) is 0 Å². The van der Waals surface area contributed by atoms with Crippen molar-refractivity contribution in [1.29, 1.82) is 0 Å². The molecule has 3 rings (SSSR count). The van der Waals surface area contributed by atoms with Crippen LogP contribution in [0.3, 0.4) is 0 Å². The van der Waals surface area contributed by atoms with Crippen molar-refractivity contribution >= 4 is 17.5 Å². The molecule has 0 unspecified atom stereocenters. The molecular weight excluding hydrogens is 270 g/mol. The Kier molecular flexibility index (Phi) is 3.83. The third-order valence-electron chi connectivity index (χ3n) is 3.50. The number of carbonyl (C=O) groups is 1. The number of H-pyrrole nitrogens is 1. The van der Waals surface area contributed by atoms with Crippen molar-refractivity contribution in [3.63, 3.8) is 0 Å². The molecule has 1 saturated heterocycles. The van der Waals surface area contributed by atoms with Crippen LogP contribution in [0.1, 0.15) is 34.9 Å². The molecular formula is C14H17N5O2. The minimum Gasteiger partial charge on any atom is -0.384 e. The first-order valence-corrected chi connectivity index (χ1v) is 6.89. The first-order chi connectivity index (χ1) is 10.2. The minimum atomic E-state index is -0.327. The largest absolute Gasteiger partial charge is 0.384 e. The van der Waals surface area contributed by atoms with Gasteiger partial charge in [-0.2, -0.15) is 5.10 Å². The van der Waals surface area contributed by atoms with Crippen LogP contribution in [0.2, 0.25) is 0 Å². The molecule has 0 saturated carbocycles. The number of carbonyl (C=O) groups excluding carboxylic acids is 1. The van der Waals surface area contributed by atoms with Gasteiger partial charge in [0.15, 0.2) is 5.82 Å². The highest BCUT2D eigenvalue weighted by molar-refractivity contribution is 6.02. The van der Waals surface area contributed by atoms with Gasteiger partial charge in [0, 0.05) is 30.9 Å². The van der Waals surface area contributed by atoms with Gasteiger partial charge in [0.05, 0.1) is 0 Å². The highest BCUT2D eigenvalue weighted by atomic mass is 16.5. The van der Waals surface area contributed by atoms with E-state index in [-0.39, 0.29) is 11.6 Å². The lowest BCUT2D eigenvalue weighted by molar-refractivity contribution is 0.0845. The molecule has 2 aromatic heterocycles. The highest BCUT2D eigenvalue weighted by Crippen LogP contribution is 2.26. The summed E-state index contributed by atoms with van der Waals surface area (Å²) in [6.07, 6.45) is 1.93. The number of nitrogens with zero attached hydrogens (tertiary/aromatic N) is 2. The molecule has 2 aromatic rings. The summed E-state index contributed by atoms with van der Waals surface area (Å²) in [4.78, 5) is 16.0. The summed E-state index contributed by atoms with van der Waals surface area (Å²) in [6, 6.07) is 6.79. The van der Waals surface area contributed by atoms with Crippen LogP contribution < -0.4 is 11.1 Å². The molecule has 4 N–H and O–H groups in total. The number of hydrogen-bond acceptors (Lipinski definition) is 5. The fourth-order valence-corrected chi connectivity index (χ4v) is 2.38. The summed E-state index contributed by atoms with van der Waals surface area (Å²) >= 11 is 0. The maximum Gasteiger partial charge on any atom is 0.275 e. The molecule has 7 nitrogen and oxygen atoms in total. The first kappa shape index (κ1) is 13.6. The van der Waals surface area contributed by atoms with Gasteiger partial charge in [0.1, 0.15) is 11.5 Å². The average molecular weight is 287 g/mol. The third-order valence-corrected chi connectivity index (χ3v) is 3.50. The SMILES string of the molecule is Nc1cccc(C(=O)Nc2cc(C3CCOCC3)[nH]n2)n1. The number of nitrogens with one attached hydrogen (secondary N) is 2. The van der Waals surface area contributed by atoms with Crippen LogP contribution in [0.25, 0.3) is 0 Å². The number of aromatic nitrogens is 3. The Hall–Kier alpha value is -2.41. The van der Waals surface area contributed by atoms with Gasteiger partial charge in [-0.05, 0) is 25.0 Å². The van der Waals surface area contributed by atoms with Crippen LogP contribution in [0.5, 0.6) is 0 Å². The monoisotopic (exact) mass is 287 g/mol. The molecule has 1 amide bonds. The van der Waals surface area contributed by atoms with Crippen molar-refractivity contribution in [3.8, 4) is 0 Å². The average Bonchev–Trinajstić information content (AvgIpc) is 2.97. The number of amides is 1. The summed E-state index contributed by atoms with van der Waals surface area (Å²) in [5, 5.41) is 9.82. The topological polar surface area (TPSA) is 106 Å². The zero-order valence-electron chi connectivity index (χ0n) is 11.5. The predicted molar refractivity (Wildman–Crippen MR) is 78.0 cm³/mol. The van der Waals surface area contributed by atoms with Crippen molar-refractivity contribution in [1.82, 2.24) is 15.2 Å². The molecule has 0 bridgehead atoms. The molecule has 0 atom stereocenters. The van der Waals surface area contributed by atoms with Crippen LogP contribution in [0.15, 0.2) is 24.3 Å². The van der Waals surface area contributed by atoms with Gasteiger partial charge in [0.25, 0.3) is 5.91 Å². The van der Waals surface area contributed by atoms with Gasteiger partial charge >= 0.3 is 0 Å². The van der Waals surface area contributed by atoms with Crippen molar-refractivity contribution in [2.24, 2.45) is 0 Å². The second-order valence-corrected chi connectivity index (χ2v) is 5.00. The summed E-state index contributed by atoms with van der Waals surface area (Å²) in [6.45, 7) is 1.52. The van der Waals surface area contributed by atoms with E-state index in [0.717, 1.165) is 31.7 Å². The lowest BCUT2D eigenvalue weighted by Gasteiger charge is -2.20. The lowest BCUT2D eigenvalue weighted by Crippen LogP contribution is -2.15. The molecule has 0 spiro atoms. The Morgan fingerprint density at radius 2 is 2.19 bits per heavy atom. The minimum absolute atomic E-state index is 0.269. The van der Waals surface area contributed by atoms with Gasteiger partial charge in [-0.3, -0.25) is 9.89 Å². The molecule has 0 radical (unpaired) electrons. The number of hydrogen-bond donors (Lipinski definition) is 3. The summed E-state index contributed by atoms with van der Waals surface area (Å²) in [7, 11) is 0. The zero-order chi connectivity index (χ0) is 14.7. The predicted octanol–water partition coefficient (Wildman–Crippen LogP) is 1.53. The van der Waals surface area contributed by atoms with Crippen LogP contribution in [0, 0.1) is 0 Å². The standard InChI is InChI=1S/C14H17N5O2/c15-12-3-1-2-10(16-12)14(20)17-13-8-11(18-19-13)9-4-6-21-7-5-9/h1-3,8-9H,4-7H2,(H2,15,16)(H2,17,18,19,20). The maximum absolute atomic E-state index is 12.0. The second-order valence-electron chi connectivity index (χ2n) is 5.00.